The topological polar surface area (TPSA) is 12.0 Å². The van der Waals surface area contributed by atoms with Crippen LogP contribution in [0.1, 0.15) is 17.2 Å². The number of hydrogen-bond acceptors (Lipinski definition) is 1. The van der Waals surface area contributed by atoms with Gasteiger partial charge in [-0.3, -0.25) is 5.32 Å². The molecule has 1 unspecified atom stereocenters. The van der Waals surface area contributed by atoms with E-state index in [2.05, 4.69) is 5.32 Å². The van der Waals surface area contributed by atoms with E-state index in [1.807, 2.05) is 0 Å². The Morgan fingerprint density at radius 3 is 2.64 bits per heavy atom. The van der Waals surface area contributed by atoms with Gasteiger partial charge in [0.25, 0.3) is 0 Å². The highest BCUT2D eigenvalue weighted by Gasteiger charge is 2.44. The van der Waals surface area contributed by atoms with Crippen molar-refractivity contribution in [3.05, 3.63) is 35.1 Å². The standard InChI is InChI=1S/C9H7F4N/c10-6-2-1-5-4-14-8(7(5)3-6)9(11,12)13/h1-3,8,14H,4H2. The van der Waals surface area contributed by atoms with Crippen molar-refractivity contribution >= 4 is 0 Å². The number of nitrogens with one attached hydrogen (secondary N) is 1. The second-order valence-electron chi connectivity index (χ2n) is 3.20. The zero-order valence-corrected chi connectivity index (χ0v) is 7.03. The molecule has 0 spiro atoms. The van der Waals surface area contributed by atoms with Crippen LogP contribution >= 0.6 is 0 Å². The second kappa shape index (κ2) is 2.95. The van der Waals surface area contributed by atoms with Gasteiger partial charge in [0.05, 0.1) is 0 Å². The summed E-state index contributed by atoms with van der Waals surface area (Å²) in [4.78, 5) is 0. The lowest BCUT2D eigenvalue weighted by molar-refractivity contribution is -0.155. The normalized spacial score (nSPS) is 21.0. The molecule has 76 valence electrons. The first-order valence-electron chi connectivity index (χ1n) is 4.07. The molecule has 0 aromatic heterocycles. The molecule has 0 saturated heterocycles. The molecule has 2 rings (SSSR count). The molecule has 1 aromatic carbocycles. The number of alkyl halides is 3. The lowest BCUT2D eigenvalue weighted by Crippen LogP contribution is -2.28. The lowest BCUT2D eigenvalue weighted by Gasteiger charge is -2.15. The number of rotatable bonds is 0. The molecule has 0 amide bonds. The zero-order chi connectivity index (χ0) is 10.3. The third-order valence-corrected chi connectivity index (χ3v) is 2.24. The maximum absolute atomic E-state index is 12.7. The average molecular weight is 205 g/mol. The molecule has 14 heavy (non-hydrogen) atoms. The molecule has 0 bridgehead atoms. The maximum atomic E-state index is 12.7. The van der Waals surface area contributed by atoms with Crippen LogP contribution in [0.3, 0.4) is 0 Å². The molecule has 0 radical (unpaired) electrons. The van der Waals surface area contributed by atoms with Gasteiger partial charge in [-0.1, -0.05) is 6.07 Å². The van der Waals surface area contributed by atoms with Crippen molar-refractivity contribution in [2.75, 3.05) is 0 Å². The van der Waals surface area contributed by atoms with E-state index in [1.165, 1.54) is 12.1 Å². The zero-order valence-electron chi connectivity index (χ0n) is 7.03. The van der Waals surface area contributed by atoms with Crippen molar-refractivity contribution in [3.8, 4) is 0 Å². The Balaban J connectivity index is 2.43. The fraction of sp³-hybridized carbons (Fsp3) is 0.333. The Labute approximate surface area is 77.7 Å². The molecule has 1 aliphatic rings. The van der Waals surface area contributed by atoms with E-state index in [-0.39, 0.29) is 12.1 Å². The van der Waals surface area contributed by atoms with Crippen LogP contribution in [0.2, 0.25) is 0 Å². The van der Waals surface area contributed by atoms with Crippen LogP contribution in [0.4, 0.5) is 17.6 Å². The first-order valence-corrected chi connectivity index (χ1v) is 4.07. The largest absolute Gasteiger partial charge is 0.407 e. The van der Waals surface area contributed by atoms with Crippen molar-refractivity contribution < 1.29 is 17.6 Å². The highest BCUT2D eigenvalue weighted by Crippen LogP contribution is 2.38. The summed E-state index contributed by atoms with van der Waals surface area (Å²) in [5.41, 5.74) is 0.506. The van der Waals surface area contributed by atoms with Gasteiger partial charge in [-0.25, -0.2) is 4.39 Å². The third-order valence-electron chi connectivity index (χ3n) is 2.24. The van der Waals surface area contributed by atoms with Crippen LogP contribution in [-0.4, -0.2) is 6.18 Å². The van der Waals surface area contributed by atoms with Gasteiger partial charge < -0.3 is 0 Å². The van der Waals surface area contributed by atoms with E-state index in [0.717, 1.165) is 6.07 Å². The molecule has 1 atom stereocenters. The lowest BCUT2D eigenvalue weighted by atomic mass is 10.0. The molecule has 0 saturated carbocycles. The first-order chi connectivity index (χ1) is 6.48. The monoisotopic (exact) mass is 205 g/mol. The first kappa shape index (κ1) is 9.45. The Morgan fingerprint density at radius 1 is 1.29 bits per heavy atom. The van der Waals surface area contributed by atoms with E-state index in [9.17, 15) is 17.6 Å². The molecular formula is C9H7F4N. The van der Waals surface area contributed by atoms with Gasteiger partial charge in [0, 0.05) is 6.54 Å². The smallest absolute Gasteiger partial charge is 0.298 e. The Kier molecular flexibility index (Phi) is 1.99. The highest BCUT2D eigenvalue weighted by molar-refractivity contribution is 5.35. The summed E-state index contributed by atoms with van der Waals surface area (Å²) in [6, 6.07) is 1.75. The van der Waals surface area contributed by atoms with Crippen molar-refractivity contribution in [3.63, 3.8) is 0 Å². The van der Waals surface area contributed by atoms with Crippen LogP contribution in [0.15, 0.2) is 18.2 Å². The number of halogens is 4. The molecule has 5 heteroatoms. The van der Waals surface area contributed by atoms with Crippen LogP contribution in [0.25, 0.3) is 0 Å². The van der Waals surface area contributed by atoms with E-state index in [1.54, 1.807) is 0 Å². The van der Waals surface area contributed by atoms with Crippen LogP contribution in [-0.2, 0) is 6.54 Å². The quantitative estimate of drug-likeness (QED) is 0.642. The van der Waals surface area contributed by atoms with Crippen LogP contribution in [0.5, 0.6) is 0 Å². The van der Waals surface area contributed by atoms with Gasteiger partial charge in [-0.2, -0.15) is 13.2 Å². The summed E-state index contributed by atoms with van der Waals surface area (Å²) in [7, 11) is 0. The molecule has 1 aromatic rings. The molecule has 1 heterocycles. The minimum atomic E-state index is -4.36. The molecule has 0 fully saturated rings. The number of benzene rings is 1. The van der Waals surface area contributed by atoms with E-state index in [4.69, 9.17) is 0 Å². The third kappa shape index (κ3) is 1.48. The molecular weight excluding hydrogens is 198 g/mol. The van der Waals surface area contributed by atoms with Crippen molar-refractivity contribution in [1.82, 2.24) is 5.32 Å². The Hall–Kier alpha value is -1.10. The Morgan fingerprint density at radius 2 is 2.00 bits per heavy atom. The average Bonchev–Trinajstić information content (AvgIpc) is 2.45. The van der Waals surface area contributed by atoms with Gasteiger partial charge in [0.2, 0.25) is 0 Å². The van der Waals surface area contributed by atoms with Crippen molar-refractivity contribution in [2.24, 2.45) is 0 Å². The maximum Gasteiger partial charge on any atom is 0.407 e. The predicted octanol–water partition coefficient (Wildman–Crippen LogP) is 2.53. The highest BCUT2D eigenvalue weighted by atomic mass is 19.4. The summed E-state index contributed by atoms with van der Waals surface area (Å²) in [5.74, 6) is -0.637. The summed E-state index contributed by atoms with van der Waals surface area (Å²) in [6.07, 6.45) is -4.36. The Bertz CT molecular complexity index is 358. The molecule has 1 aliphatic heterocycles. The fourth-order valence-corrected chi connectivity index (χ4v) is 1.61. The second-order valence-corrected chi connectivity index (χ2v) is 3.20. The summed E-state index contributed by atoms with van der Waals surface area (Å²) in [5, 5.41) is 2.30. The predicted molar refractivity (Wildman–Crippen MR) is 42.0 cm³/mol. The summed E-state index contributed by atoms with van der Waals surface area (Å²) < 4.78 is 49.9. The van der Waals surface area contributed by atoms with Crippen LogP contribution in [0, 0.1) is 5.82 Å². The van der Waals surface area contributed by atoms with E-state index >= 15 is 0 Å². The van der Waals surface area contributed by atoms with Crippen molar-refractivity contribution in [1.29, 1.82) is 0 Å². The van der Waals surface area contributed by atoms with E-state index in [0.29, 0.717) is 5.56 Å². The summed E-state index contributed by atoms with van der Waals surface area (Å²) in [6.45, 7) is 0.139. The summed E-state index contributed by atoms with van der Waals surface area (Å²) >= 11 is 0. The fourth-order valence-electron chi connectivity index (χ4n) is 1.61. The number of fused-ring (bicyclic) bond motifs is 1. The van der Waals surface area contributed by atoms with Crippen molar-refractivity contribution in [2.45, 2.75) is 18.8 Å². The minimum Gasteiger partial charge on any atom is -0.298 e. The SMILES string of the molecule is Fc1ccc2c(c1)C(C(F)(F)F)NC2. The molecule has 1 nitrogen and oxygen atoms in total. The van der Waals surface area contributed by atoms with Gasteiger partial charge in [-0.05, 0) is 23.3 Å². The minimum absolute atomic E-state index is 0.00231. The molecule has 0 aliphatic carbocycles. The van der Waals surface area contributed by atoms with Gasteiger partial charge in [-0.15, -0.1) is 0 Å². The van der Waals surface area contributed by atoms with Gasteiger partial charge >= 0.3 is 6.18 Å². The van der Waals surface area contributed by atoms with Crippen LogP contribution < -0.4 is 5.32 Å². The molecule has 1 N–H and O–H groups in total. The van der Waals surface area contributed by atoms with Gasteiger partial charge in [0.15, 0.2) is 0 Å². The number of hydrogen-bond donors (Lipinski definition) is 1. The van der Waals surface area contributed by atoms with Gasteiger partial charge in [0.1, 0.15) is 11.9 Å². The van der Waals surface area contributed by atoms with E-state index < -0.39 is 18.0 Å².